The third-order valence-electron chi connectivity index (χ3n) is 3.06. The van der Waals surface area contributed by atoms with E-state index in [2.05, 4.69) is 10.4 Å². The van der Waals surface area contributed by atoms with Gasteiger partial charge in [0, 0.05) is 19.8 Å². The molecular weight excluding hydrogens is 254 g/mol. The molecule has 0 aliphatic rings. The van der Waals surface area contributed by atoms with Crippen molar-refractivity contribution in [2.75, 3.05) is 6.54 Å². The summed E-state index contributed by atoms with van der Waals surface area (Å²) in [6.45, 7) is 1.68. The van der Waals surface area contributed by atoms with Crippen molar-refractivity contribution in [3.63, 3.8) is 0 Å². The van der Waals surface area contributed by atoms with Crippen molar-refractivity contribution in [1.29, 1.82) is 0 Å². The van der Waals surface area contributed by atoms with Gasteiger partial charge in [-0.1, -0.05) is 24.3 Å². The van der Waals surface area contributed by atoms with Crippen molar-refractivity contribution in [3.05, 3.63) is 53.3 Å². The summed E-state index contributed by atoms with van der Waals surface area (Å²) in [5.74, 6) is -0.799. The maximum atomic E-state index is 10.6. The molecule has 0 saturated carbocycles. The van der Waals surface area contributed by atoms with E-state index in [1.165, 1.54) is 5.56 Å². The topological polar surface area (TPSA) is 67.2 Å². The van der Waals surface area contributed by atoms with Crippen molar-refractivity contribution >= 4 is 5.97 Å². The fraction of sp³-hybridized carbons (Fsp3) is 0.333. The van der Waals surface area contributed by atoms with E-state index in [0.717, 1.165) is 30.6 Å². The fourth-order valence-electron chi connectivity index (χ4n) is 2.02. The largest absolute Gasteiger partial charge is 0.481 e. The van der Waals surface area contributed by atoms with Crippen LogP contribution in [0.4, 0.5) is 0 Å². The minimum atomic E-state index is -0.799. The number of carboxylic acid groups (broad SMARTS) is 1. The number of aryl methyl sites for hydroxylation is 1. The molecular formula is C15H19N3O2. The number of nitrogens with zero attached hydrogens (tertiary/aromatic N) is 2. The molecule has 2 aromatic rings. The Balaban J connectivity index is 1.72. The number of hydrogen-bond donors (Lipinski definition) is 2. The maximum Gasteiger partial charge on any atom is 0.307 e. The van der Waals surface area contributed by atoms with E-state index in [0.29, 0.717) is 0 Å². The van der Waals surface area contributed by atoms with Crippen LogP contribution in [0.3, 0.4) is 0 Å². The van der Waals surface area contributed by atoms with Crippen molar-refractivity contribution in [2.24, 2.45) is 7.05 Å². The second kappa shape index (κ2) is 6.86. The summed E-state index contributed by atoms with van der Waals surface area (Å²) < 4.78 is 1.80. The molecule has 5 nitrogen and oxygen atoms in total. The third-order valence-corrected chi connectivity index (χ3v) is 3.06. The zero-order valence-electron chi connectivity index (χ0n) is 11.5. The van der Waals surface area contributed by atoms with E-state index in [-0.39, 0.29) is 6.42 Å². The van der Waals surface area contributed by atoms with Crippen molar-refractivity contribution in [3.8, 4) is 0 Å². The highest BCUT2D eigenvalue weighted by Gasteiger charge is 2.00. The lowest BCUT2D eigenvalue weighted by molar-refractivity contribution is -0.136. The summed E-state index contributed by atoms with van der Waals surface area (Å²) in [5.41, 5.74) is 3.21. The lowest BCUT2D eigenvalue weighted by Crippen LogP contribution is -2.16. The summed E-state index contributed by atoms with van der Waals surface area (Å²) in [6, 6.07) is 7.67. The Morgan fingerprint density at radius 2 is 1.95 bits per heavy atom. The highest BCUT2D eigenvalue weighted by Crippen LogP contribution is 2.05. The Bertz CT molecular complexity index is 561. The zero-order chi connectivity index (χ0) is 14.4. The smallest absolute Gasteiger partial charge is 0.307 e. The molecule has 0 amide bonds. The van der Waals surface area contributed by atoms with E-state index in [4.69, 9.17) is 5.11 Å². The van der Waals surface area contributed by atoms with Crippen LogP contribution in [0.15, 0.2) is 36.7 Å². The van der Waals surface area contributed by atoms with E-state index < -0.39 is 5.97 Å². The van der Waals surface area contributed by atoms with E-state index in [1.54, 1.807) is 4.68 Å². The van der Waals surface area contributed by atoms with Gasteiger partial charge in [-0.05, 0) is 29.7 Å². The van der Waals surface area contributed by atoms with E-state index in [1.807, 2.05) is 43.7 Å². The van der Waals surface area contributed by atoms with Crippen LogP contribution in [0.25, 0.3) is 0 Å². The van der Waals surface area contributed by atoms with Crippen LogP contribution in [-0.2, 0) is 31.2 Å². The molecule has 0 bridgehead atoms. The second-order valence-electron chi connectivity index (χ2n) is 4.84. The van der Waals surface area contributed by atoms with Gasteiger partial charge in [0.2, 0.25) is 0 Å². The van der Waals surface area contributed by atoms with Gasteiger partial charge in [-0.25, -0.2) is 0 Å². The van der Waals surface area contributed by atoms with Crippen LogP contribution in [0.5, 0.6) is 0 Å². The first kappa shape index (κ1) is 14.3. The Hall–Kier alpha value is -2.14. The molecule has 5 heteroatoms. The van der Waals surface area contributed by atoms with Gasteiger partial charge < -0.3 is 10.4 Å². The number of carbonyl (C=O) groups is 1. The van der Waals surface area contributed by atoms with Crippen LogP contribution >= 0.6 is 0 Å². The van der Waals surface area contributed by atoms with Gasteiger partial charge in [-0.3, -0.25) is 9.48 Å². The lowest BCUT2D eigenvalue weighted by atomic mass is 10.1. The summed E-state index contributed by atoms with van der Waals surface area (Å²) in [6.07, 6.45) is 4.92. The van der Waals surface area contributed by atoms with Crippen molar-refractivity contribution in [1.82, 2.24) is 15.1 Å². The second-order valence-corrected chi connectivity index (χ2v) is 4.84. The number of nitrogens with one attached hydrogen (secondary N) is 1. The summed E-state index contributed by atoms with van der Waals surface area (Å²) >= 11 is 0. The lowest BCUT2D eigenvalue weighted by Gasteiger charge is -2.05. The van der Waals surface area contributed by atoms with Gasteiger partial charge >= 0.3 is 5.97 Å². The quantitative estimate of drug-likeness (QED) is 0.748. The van der Waals surface area contributed by atoms with Gasteiger partial charge in [0.05, 0.1) is 12.6 Å². The first-order valence-corrected chi connectivity index (χ1v) is 6.61. The first-order chi connectivity index (χ1) is 9.63. The highest BCUT2D eigenvalue weighted by atomic mass is 16.4. The molecule has 0 aliphatic heterocycles. The van der Waals surface area contributed by atoms with E-state index >= 15 is 0 Å². The predicted octanol–water partition coefficient (Wildman–Crippen LogP) is 1.38. The number of hydrogen-bond acceptors (Lipinski definition) is 3. The van der Waals surface area contributed by atoms with Crippen molar-refractivity contribution < 1.29 is 9.90 Å². The molecule has 0 aliphatic carbocycles. The molecule has 0 unspecified atom stereocenters. The maximum absolute atomic E-state index is 10.6. The molecule has 0 fully saturated rings. The fourth-order valence-corrected chi connectivity index (χ4v) is 2.02. The Morgan fingerprint density at radius 3 is 2.55 bits per heavy atom. The van der Waals surface area contributed by atoms with Crippen LogP contribution in [0, 0.1) is 0 Å². The zero-order valence-corrected chi connectivity index (χ0v) is 11.5. The third kappa shape index (κ3) is 4.51. The Labute approximate surface area is 118 Å². The summed E-state index contributed by atoms with van der Waals surface area (Å²) in [5, 5.41) is 16.2. The normalized spacial score (nSPS) is 10.7. The number of benzene rings is 1. The summed E-state index contributed by atoms with van der Waals surface area (Å²) in [7, 11) is 1.91. The Kier molecular flexibility index (Phi) is 4.90. The van der Waals surface area contributed by atoms with Gasteiger partial charge in [0.25, 0.3) is 0 Å². The average molecular weight is 273 g/mol. The number of carboxylic acids is 1. The highest BCUT2D eigenvalue weighted by molar-refractivity contribution is 5.70. The van der Waals surface area contributed by atoms with E-state index in [9.17, 15) is 4.79 Å². The molecule has 1 aromatic carbocycles. The van der Waals surface area contributed by atoms with Gasteiger partial charge in [0.15, 0.2) is 0 Å². The number of aliphatic carboxylic acids is 1. The van der Waals surface area contributed by atoms with Crippen LogP contribution in [0.2, 0.25) is 0 Å². The molecule has 2 N–H and O–H groups in total. The minimum Gasteiger partial charge on any atom is -0.481 e. The molecule has 1 aromatic heterocycles. The molecule has 20 heavy (non-hydrogen) atoms. The van der Waals surface area contributed by atoms with Gasteiger partial charge in [-0.2, -0.15) is 5.10 Å². The SMILES string of the molecule is Cn1cc(CCNCc2ccc(CC(=O)O)cc2)cn1. The first-order valence-electron chi connectivity index (χ1n) is 6.61. The number of aromatic nitrogens is 2. The van der Waals surface area contributed by atoms with Crippen LogP contribution in [0.1, 0.15) is 16.7 Å². The average Bonchev–Trinajstić information content (AvgIpc) is 2.82. The minimum absolute atomic E-state index is 0.0781. The molecule has 0 radical (unpaired) electrons. The Morgan fingerprint density at radius 1 is 1.25 bits per heavy atom. The monoisotopic (exact) mass is 273 g/mol. The van der Waals surface area contributed by atoms with Gasteiger partial charge in [0.1, 0.15) is 0 Å². The molecule has 0 saturated heterocycles. The summed E-state index contributed by atoms with van der Waals surface area (Å²) in [4.78, 5) is 10.6. The molecule has 1 heterocycles. The molecule has 0 spiro atoms. The molecule has 0 atom stereocenters. The van der Waals surface area contributed by atoms with Gasteiger partial charge in [-0.15, -0.1) is 0 Å². The van der Waals surface area contributed by atoms with Crippen molar-refractivity contribution in [2.45, 2.75) is 19.4 Å². The van der Waals surface area contributed by atoms with Crippen LogP contribution < -0.4 is 5.32 Å². The molecule has 2 rings (SSSR count). The number of rotatable bonds is 7. The van der Waals surface area contributed by atoms with Crippen LogP contribution in [-0.4, -0.2) is 27.4 Å². The predicted molar refractivity (Wildman–Crippen MR) is 76.4 cm³/mol. The standard InChI is InChI=1S/C15H19N3O2/c1-18-11-14(10-17-18)6-7-16-9-13-4-2-12(3-5-13)8-15(19)20/h2-5,10-11,16H,6-9H2,1H3,(H,19,20). The molecule has 106 valence electrons.